The van der Waals surface area contributed by atoms with Crippen LogP contribution in [-0.2, 0) is 17.8 Å². The van der Waals surface area contributed by atoms with Crippen molar-refractivity contribution in [3.05, 3.63) is 52.2 Å². The maximum atomic E-state index is 12.3. The van der Waals surface area contributed by atoms with Gasteiger partial charge in [0, 0.05) is 23.4 Å². The number of hydrogen-bond acceptors (Lipinski definition) is 3. The Morgan fingerprint density at radius 1 is 1.18 bits per heavy atom. The third kappa shape index (κ3) is 5.40. The average Bonchev–Trinajstić information content (AvgIpc) is 2.96. The molecule has 0 fully saturated rings. The van der Waals surface area contributed by atoms with Crippen molar-refractivity contribution in [2.45, 2.75) is 25.7 Å². The highest BCUT2D eigenvalue weighted by atomic mass is 32.1. The maximum Gasteiger partial charge on any atom is 0.573 e. The number of hydrogen-bond donors (Lipinski definition) is 1. The summed E-state index contributed by atoms with van der Waals surface area (Å²) in [6.07, 6.45) is -3.84. The van der Waals surface area contributed by atoms with E-state index in [0.717, 1.165) is 4.88 Å². The monoisotopic (exact) mass is 329 g/mol. The summed E-state index contributed by atoms with van der Waals surface area (Å²) >= 11 is 1.56. The number of aryl methyl sites for hydroxylation is 1. The number of rotatable bonds is 6. The molecule has 1 heterocycles. The second-order valence-electron chi connectivity index (χ2n) is 4.51. The summed E-state index contributed by atoms with van der Waals surface area (Å²) in [6, 6.07) is 9.59. The van der Waals surface area contributed by atoms with Crippen LogP contribution in [0.4, 0.5) is 13.2 Å². The van der Waals surface area contributed by atoms with Crippen LogP contribution < -0.4 is 10.1 Å². The van der Waals surface area contributed by atoms with E-state index in [1.54, 1.807) is 17.4 Å². The number of thiophene rings is 1. The van der Waals surface area contributed by atoms with Gasteiger partial charge < -0.3 is 10.1 Å². The third-order valence-corrected chi connectivity index (χ3v) is 3.79. The van der Waals surface area contributed by atoms with Gasteiger partial charge in [0.15, 0.2) is 0 Å². The SMILES string of the molecule is O=C(CCc1cccs1)NCc1ccccc1OC(F)(F)F. The van der Waals surface area contributed by atoms with Crippen LogP contribution in [0.15, 0.2) is 41.8 Å². The summed E-state index contributed by atoms with van der Waals surface area (Å²) in [5.74, 6) is -0.510. The first-order valence-electron chi connectivity index (χ1n) is 6.57. The summed E-state index contributed by atoms with van der Waals surface area (Å²) in [7, 11) is 0. The highest BCUT2D eigenvalue weighted by Gasteiger charge is 2.31. The summed E-state index contributed by atoms with van der Waals surface area (Å²) < 4.78 is 40.8. The molecule has 0 atom stereocenters. The van der Waals surface area contributed by atoms with Gasteiger partial charge in [-0.3, -0.25) is 4.79 Å². The summed E-state index contributed by atoms with van der Waals surface area (Å²) in [6.45, 7) is -0.00444. The molecule has 1 amide bonds. The number of halogens is 3. The largest absolute Gasteiger partial charge is 0.573 e. The molecule has 0 aliphatic heterocycles. The van der Waals surface area contributed by atoms with Crippen molar-refractivity contribution >= 4 is 17.2 Å². The van der Waals surface area contributed by atoms with E-state index in [1.165, 1.54) is 18.2 Å². The number of alkyl halides is 3. The highest BCUT2D eigenvalue weighted by molar-refractivity contribution is 7.09. The molecule has 118 valence electrons. The minimum Gasteiger partial charge on any atom is -0.405 e. The van der Waals surface area contributed by atoms with E-state index in [4.69, 9.17) is 0 Å². The van der Waals surface area contributed by atoms with Gasteiger partial charge in [-0.1, -0.05) is 24.3 Å². The lowest BCUT2D eigenvalue weighted by Crippen LogP contribution is -2.24. The fourth-order valence-electron chi connectivity index (χ4n) is 1.85. The third-order valence-electron chi connectivity index (χ3n) is 2.85. The van der Waals surface area contributed by atoms with Crippen molar-refractivity contribution in [3.63, 3.8) is 0 Å². The lowest BCUT2D eigenvalue weighted by molar-refractivity contribution is -0.274. The van der Waals surface area contributed by atoms with Crippen molar-refractivity contribution in [2.75, 3.05) is 0 Å². The van der Waals surface area contributed by atoms with E-state index in [2.05, 4.69) is 10.1 Å². The van der Waals surface area contributed by atoms with Crippen LogP contribution in [0.3, 0.4) is 0 Å². The standard InChI is InChI=1S/C15H14F3NO2S/c16-15(17,18)21-13-6-2-1-4-11(13)10-19-14(20)8-7-12-5-3-9-22-12/h1-6,9H,7-8,10H2,(H,19,20). The Morgan fingerprint density at radius 3 is 2.64 bits per heavy atom. The Kier molecular flexibility index (Phi) is 5.43. The Labute approximate surface area is 129 Å². The van der Waals surface area contributed by atoms with E-state index in [0.29, 0.717) is 12.8 Å². The summed E-state index contributed by atoms with van der Waals surface area (Å²) in [5, 5.41) is 4.53. The van der Waals surface area contributed by atoms with Crippen LogP contribution in [0.1, 0.15) is 16.9 Å². The topological polar surface area (TPSA) is 38.3 Å². The Morgan fingerprint density at radius 2 is 1.95 bits per heavy atom. The Hall–Kier alpha value is -2.02. The van der Waals surface area contributed by atoms with Crippen molar-refractivity contribution in [2.24, 2.45) is 0 Å². The fourth-order valence-corrected chi connectivity index (χ4v) is 2.56. The maximum absolute atomic E-state index is 12.3. The fraction of sp³-hybridized carbons (Fsp3) is 0.267. The molecule has 1 aromatic carbocycles. The molecule has 0 saturated carbocycles. The van der Waals surface area contributed by atoms with E-state index >= 15 is 0 Å². The highest BCUT2D eigenvalue weighted by Crippen LogP contribution is 2.26. The summed E-state index contributed by atoms with van der Waals surface area (Å²) in [4.78, 5) is 12.8. The zero-order valence-electron chi connectivity index (χ0n) is 11.5. The molecule has 22 heavy (non-hydrogen) atoms. The molecule has 0 aliphatic carbocycles. The minimum absolute atomic E-state index is 0.00444. The molecule has 3 nitrogen and oxygen atoms in total. The number of carbonyl (C=O) groups is 1. The van der Waals surface area contributed by atoms with Gasteiger partial charge in [-0.2, -0.15) is 0 Å². The zero-order chi connectivity index (χ0) is 16.0. The molecule has 0 saturated heterocycles. The molecular weight excluding hydrogens is 315 g/mol. The van der Waals surface area contributed by atoms with Gasteiger partial charge in [-0.05, 0) is 23.9 Å². The van der Waals surface area contributed by atoms with E-state index in [1.807, 2.05) is 17.5 Å². The molecule has 2 rings (SSSR count). The van der Waals surface area contributed by atoms with Gasteiger partial charge in [-0.15, -0.1) is 24.5 Å². The lowest BCUT2D eigenvalue weighted by Gasteiger charge is -2.13. The second-order valence-corrected chi connectivity index (χ2v) is 5.54. The first-order valence-corrected chi connectivity index (χ1v) is 7.45. The van der Waals surface area contributed by atoms with Crippen molar-refractivity contribution < 1.29 is 22.7 Å². The van der Waals surface area contributed by atoms with Crippen LogP contribution in [-0.4, -0.2) is 12.3 Å². The van der Waals surface area contributed by atoms with Crippen molar-refractivity contribution in [3.8, 4) is 5.75 Å². The first kappa shape index (κ1) is 16.4. The van der Waals surface area contributed by atoms with Crippen LogP contribution in [0.5, 0.6) is 5.75 Å². The van der Waals surface area contributed by atoms with E-state index in [-0.39, 0.29) is 23.8 Å². The number of amides is 1. The molecule has 2 aromatic rings. The number of nitrogens with one attached hydrogen (secondary N) is 1. The summed E-state index contributed by atoms with van der Waals surface area (Å²) in [5.41, 5.74) is 0.282. The van der Waals surface area contributed by atoms with Gasteiger partial charge in [-0.25, -0.2) is 0 Å². The number of para-hydroxylation sites is 1. The van der Waals surface area contributed by atoms with Crippen LogP contribution in [0.2, 0.25) is 0 Å². The molecule has 0 bridgehead atoms. The van der Waals surface area contributed by atoms with Crippen LogP contribution in [0.25, 0.3) is 0 Å². The molecule has 0 unspecified atom stereocenters. The smallest absolute Gasteiger partial charge is 0.405 e. The van der Waals surface area contributed by atoms with Crippen LogP contribution in [0, 0.1) is 0 Å². The van der Waals surface area contributed by atoms with E-state index < -0.39 is 6.36 Å². The van der Waals surface area contributed by atoms with Crippen molar-refractivity contribution in [1.29, 1.82) is 0 Å². The average molecular weight is 329 g/mol. The van der Waals surface area contributed by atoms with Crippen LogP contribution >= 0.6 is 11.3 Å². The molecule has 0 spiro atoms. The van der Waals surface area contributed by atoms with Crippen molar-refractivity contribution in [1.82, 2.24) is 5.32 Å². The van der Waals surface area contributed by atoms with Gasteiger partial charge in [0.05, 0.1) is 0 Å². The second kappa shape index (κ2) is 7.31. The van der Waals surface area contributed by atoms with Gasteiger partial charge in [0.2, 0.25) is 5.91 Å². The van der Waals surface area contributed by atoms with Gasteiger partial charge >= 0.3 is 6.36 Å². The predicted molar refractivity (Wildman–Crippen MR) is 77.6 cm³/mol. The normalized spacial score (nSPS) is 11.2. The number of benzene rings is 1. The molecule has 1 N–H and O–H groups in total. The Balaban J connectivity index is 1.87. The molecule has 7 heteroatoms. The zero-order valence-corrected chi connectivity index (χ0v) is 12.3. The predicted octanol–water partition coefficient (Wildman–Crippen LogP) is 3.90. The van der Waals surface area contributed by atoms with Gasteiger partial charge in [0.25, 0.3) is 0 Å². The molecule has 0 aliphatic rings. The first-order chi connectivity index (χ1) is 10.4. The van der Waals surface area contributed by atoms with E-state index in [9.17, 15) is 18.0 Å². The quantitative estimate of drug-likeness (QED) is 0.873. The lowest BCUT2D eigenvalue weighted by atomic mass is 10.2. The molecular formula is C15H14F3NO2S. The Bertz CT molecular complexity index is 612. The molecule has 0 radical (unpaired) electrons. The molecule has 1 aromatic heterocycles. The minimum atomic E-state index is -4.75. The number of ether oxygens (including phenoxy) is 1. The van der Waals surface area contributed by atoms with Gasteiger partial charge in [0.1, 0.15) is 5.75 Å². The number of carbonyl (C=O) groups excluding carboxylic acids is 1.